The standard InChI is InChI=1S/C18H22N2O3S/c1-22-11-8-9-14(23-2)13(10-11)20-18(21)16-12-6-4-3-5-7-15(12)24-17(16)19/h8-10H,3-7,19H2,1-2H3,(H,20,21). The van der Waals surface area contributed by atoms with E-state index >= 15 is 0 Å². The van der Waals surface area contributed by atoms with Crippen LogP contribution in [-0.4, -0.2) is 20.1 Å². The maximum Gasteiger partial charge on any atom is 0.259 e. The van der Waals surface area contributed by atoms with Gasteiger partial charge in [-0.2, -0.15) is 0 Å². The van der Waals surface area contributed by atoms with Gasteiger partial charge in [0.1, 0.15) is 11.5 Å². The normalized spacial score (nSPS) is 13.8. The van der Waals surface area contributed by atoms with Gasteiger partial charge >= 0.3 is 0 Å². The zero-order valence-electron chi connectivity index (χ0n) is 14.0. The van der Waals surface area contributed by atoms with Crippen molar-refractivity contribution in [1.82, 2.24) is 0 Å². The summed E-state index contributed by atoms with van der Waals surface area (Å²) in [4.78, 5) is 14.1. The van der Waals surface area contributed by atoms with E-state index in [1.54, 1.807) is 43.8 Å². The molecule has 1 aliphatic rings. The zero-order valence-corrected chi connectivity index (χ0v) is 14.8. The van der Waals surface area contributed by atoms with Crippen LogP contribution in [0.4, 0.5) is 10.7 Å². The van der Waals surface area contributed by atoms with Crippen molar-refractivity contribution in [2.24, 2.45) is 0 Å². The Bertz CT molecular complexity index is 755. The Labute approximate surface area is 145 Å². The van der Waals surface area contributed by atoms with Crippen LogP contribution in [0.1, 0.15) is 40.1 Å². The fourth-order valence-electron chi connectivity index (χ4n) is 3.11. The molecule has 128 valence electrons. The molecule has 1 aromatic carbocycles. The summed E-state index contributed by atoms with van der Waals surface area (Å²) in [5.74, 6) is 1.06. The van der Waals surface area contributed by atoms with Crippen LogP contribution in [0, 0.1) is 0 Å². The van der Waals surface area contributed by atoms with Gasteiger partial charge in [-0.3, -0.25) is 4.79 Å². The van der Waals surface area contributed by atoms with E-state index in [4.69, 9.17) is 15.2 Å². The predicted octanol–water partition coefficient (Wildman–Crippen LogP) is 3.87. The largest absolute Gasteiger partial charge is 0.497 e. The second kappa shape index (κ2) is 7.13. The number of aryl methyl sites for hydroxylation is 1. The number of nitrogens with two attached hydrogens (primary N) is 1. The van der Waals surface area contributed by atoms with Crippen molar-refractivity contribution in [1.29, 1.82) is 0 Å². The third-order valence-electron chi connectivity index (χ3n) is 4.33. The molecular weight excluding hydrogens is 324 g/mol. The molecule has 0 saturated carbocycles. The highest BCUT2D eigenvalue weighted by molar-refractivity contribution is 7.16. The van der Waals surface area contributed by atoms with Gasteiger partial charge in [-0.05, 0) is 43.4 Å². The summed E-state index contributed by atoms with van der Waals surface area (Å²) in [6.07, 6.45) is 5.40. The molecule has 0 fully saturated rings. The number of nitrogen functional groups attached to an aromatic ring is 1. The molecule has 0 unspecified atom stereocenters. The first kappa shape index (κ1) is 16.6. The number of thiophene rings is 1. The number of anilines is 2. The van der Waals surface area contributed by atoms with Crippen molar-refractivity contribution in [3.63, 3.8) is 0 Å². The Balaban J connectivity index is 1.92. The molecule has 1 amide bonds. The molecule has 2 aromatic rings. The second-order valence-electron chi connectivity index (χ2n) is 5.82. The summed E-state index contributed by atoms with van der Waals surface area (Å²) in [5.41, 5.74) is 8.48. The molecule has 0 bridgehead atoms. The first-order valence-electron chi connectivity index (χ1n) is 8.07. The third-order valence-corrected chi connectivity index (χ3v) is 5.45. The Morgan fingerprint density at radius 1 is 1.17 bits per heavy atom. The summed E-state index contributed by atoms with van der Waals surface area (Å²) in [6, 6.07) is 5.31. The van der Waals surface area contributed by atoms with Crippen molar-refractivity contribution < 1.29 is 14.3 Å². The van der Waals surface area contributed by atoms with Crippen molar-refractivity contribution in [2.45, 2.75) is 32.1 Å². The van der Waals surface area contributed by atoms with Crippen LogP contribution in [0.15, 0.2) is 18.2 Å². The lowest BCUT2D eigenvalue weighted by Gasteiger charge is -2.12. The molecule has 5 nitrogen and oxygen atoms in total. The van der Waals surface area contributed by atoms with E-state index in [0.717, 1.165) is 31.2 Å². The Kier molecular flexibility index (Phi) is 4.94. The quantitative estimate of drug-likeness (QED) is 0.824. The number of hydrogen-bond donors (Lipinski definition) is 2. The van der Waals surface area contributed by atoms with Gasteiger partial charge in [0.05, 0.1) is 30.5 Å². The van der Waals surface area contributed by atoms with Crippen LogP contribution in [-0.2, 0) is 12.8 Å². The van der Waals surface area contributed by atoms with Crippen molar-refractivity contribution in [2.75, 3.05) is 25.3 Å². The van der Waals surface area contributed by atoms with E-state index in [9.17, 15) is 4.79 Å². The highest BCUT2D eigenvalue weighted by Crippen LogP contribution is 2.37. The van der Waals surface area contributed by atoms with E-state index < -0.39 is 0 Å². The highest BCUT2D eigenvalue weighted by atomic mass is 32.1. The molecule has 24 heavy (non-hydrogen) atoms. The summed E-state index contributed by atoms with van der Waals surface area (Å²) >= 11 is 1.55. The van der Waals surface area contributed by atoms with Gasteiger partial charge in [-0.1, -0.05) is 6.42 Å². The van der Waals surface area contributed by atoms with Crippen LogP contribution in [0.2, 0.25) is 0 Å². The first-order valence-corrected chi connectivity index (χ1v) is 8.89. The van der Waals surface area contributed by atoms with E-state index in [2.05, 4.69) is 5.32 Å². The topological polar surface area (TPSA) is 73.6 Å². The number of hydrogen-bond acceptors (Lipinski definition) is 5. The molecule has 0 atom stereocenters. The summed E-state index contributed by atoms with van der Waals surface area (Å²) < 4.78 is 10.6. The minimum Gasteiger partial charge on any atom is -0.497 e. The molecule has 1 aliphatic carbocycles. The fraction of sp³-hybridized carbons (Fsp3) is 0.389. The Morgan fingerprint density at radius 3 is 2.71 bits per heavy atom. The van der Waals surface area contributed by atoms with Gasteiger partial charge in [-0.15, -0.1) is 11.3 Å². The van der Waals surface area contributed by atoms with Crippen LogP contribution >= 0.6 is 11.3 Å². The zero-order chi connectivity index (χ0) is 17.1. The van der Waals surface area contributed by atoms with Gasteiger partial charge in [0.2, 0.25) is 0 Å². The molecular formula is C18H22N2O3S. The van der Waals surface area contributed by atoms with Gasteiger partial charge in [0.15, 0.2) is 0 Å². The number of amides is 1. The van der Waals surface area contributed by atoms with Gasteiger partial charge < -0.3 is 20.5 Å². The van der Waals surface area contributed by atoms with Crippen molar-refractivity contribution in [3.05, 3.63) is 34.2 Å². The van der Waals surface area contributed by atoms with Crippen LogP contribution in [0.25, 0.3) is 0 Å². The van der Waals surface area contributed by atoms with E-state index in [1.807, 2.05) is 0 Å². The number of fused-ring (bicyclic) bond motifs is 1. The smallest absolute Gasteiger partial charge is 0.259 e. The number of nitrogens with one attached hydrogen (secondary N) is 1. The lowest BCUT2D eigenvalue weighted by atomic mass is 10.0. The van der Waals surface area contributed by atoms with Gasteiger partial charge in [0.25, 0.3) is 5.91 Å². The van der Waals surface area contributed by atoms with Gasteiger partial charge in [0, 0.05) is 10.9 Å². The van der Waals surface area contributed by atoms with Crippen molar-refractivity contribution >= 4 is 27.9 Å². The highest BCUT2D eigenvalue weighted by Gasteiger charge is 2.24. The van der Waals surface area contributed by atoms with Crippen LogP contribution < -0.4 is 20.5 Å². The maximum absolute atomic E-state index is 12.9. The molecule has 0 saturated heterocycles. The molecule has 3 rings (SSSR count). The molecule has 0 radical (unpaired) electrons. The van der Waals surface area contributed by atoms with Crippen LogP contribution in [0.5, 0.6) is 11.5 Å². The monoisotopic (exact) mass is 346 g/mol. The molecule has 0 spiro atoms. The molecule has 3 N–H and O–H groups in total. The number of carbonyl (C=O) groups excluding carboxylic acids is 1. The lowest BCUT2D eigenvalue weighted by molar-refractivity contribution is 0.102. The number of carbonyl (C=O) groups is 1. The molecule has 1 aromatic heterocycles. The predicted molar refractivity (Wildman–Crippen MR) is 97.5 cm³/mol. The average Bonchev–Trinajstić information content (AvgIpc) is 2.74. The summed E-state index contributed by atoms with van der Waals surface area (Å²) in [7, 11) is 3.16. The Morgan fingerprint density at radius 2 is 1.96 bits per heavy atom. The van der Waals surface area contributed by atoms with Crippen LogP contribution in [0.3, 0.4) is 0 Å². The molecule has 0 aliphatic heterocycles. The minimum atomic E-state index is -0.182. The molecule has 6 heteroatoms. The van der Waals surface area contributed by atoms with Crippen molar-refractivity contribution in [3.8, 4) is 11.5 Å². The van der Waals surface area contributed by atoms with E-state index in [-0.39, 0.29) is 5.91 Å². The first-order chi connectivity index (χ1) is 11.6. The third kappa shape index (κ3) is 3.19. The summed E-state index contributed by atoms with van der Waals surface area (Å²) in [6.45, 7) is 0. The Hall–Kier alpha value is -2.21. The second-order valence-corrected chi connectivity index (χ2v) is 6.96. The average molecular weight is 346 g/mol. The number of rotatable bonds is 4. The number of benzene rings is 1. The minimum absolute atomic E-state index is 0.182. The SMILES string of the molecule is COc1ccc(OC)c(NC(=O)c2c(N)sc3c2CCCCC3)c1. The maximum atomic E-state index is 12.9. The fourth-order valence-corrected chi connectivity index (χ4v) is 4.27. The summed E-state index contributed by atoms with van der Waals surface area (Å²) in [5, 5.41) is 3.53. The van der Waals surface area contributed by atoms with Gasteiger partial charge in [-0.25, -0.2) is 0 Å². The lowest BCUT2D eigenvalue weighted by Crippen LogP contribution is -2.15. The van der Waals surface area contributed by atoms with E-state index in [0.29, 0.717) is 27.8 Å². The number of ether oxygens (including phenoxy) is 2. The molecule has 1 heterocycles. The number of methoxy groups -OCH3 is 2. The van der Waals surface area contributed by atoms with E-state index in [1.165, 1.54) is 11.3 Å².